The summed E-state index contributed by atoms with van der Waals surface area (Å²) in [5.41, 5.74) is 5.21. The Morgan fingerprint density at radius 1 is 1.32 bits per heavy atom. The Balaban J connectivity index is 2.45. The van der Waals surface area contributed by atoms with Crippen LogP contribution in [0, 0.1) is 0 Å². The monoisotopic (exact) mass is 270 g/mol. The van der Waals surface area contributed by atoms with Gasteiger partial charge in [-0.3, -0.25) is 4.79 Å². The van der Waals surface area contributed by atoms with Gasteiger partial charge in [-0.05, 0) is 39.7 Å². The van der Waals surface area contributed by atoms with Gasteiger partial charge in [0.15, 0.2) is 0 Å². The lowest BCUT2D eigenvalue weighted by Crippen LogP contribution is -2.49. The first-order valence-electron chi connectivity index (χ1n) is 7.71. The summed E-state index contributed by atoms with van der Waals surface area (Å²) in [6.45, 7) is 8.09. The van der Waals surface area contributed by atoms with E-state index in [-0.39, 0.29) is 5.97 Å². The number of hydrogen-bond acceptors (Lipinski definition) is 4. The molecule has 1 saturated carbocycles. The SMILES string of the molecule is CCOC(=O)C(C)(N)CCN(CC)C1CCCCC1. The summed E-state index contributed by atoms with van der Waals surface area (Å²) in [5, 5.41) is 0. The summed E-state index contributed by atoms with van der Waals surface area (Å²) >= 11 is 0. The molecule has 0 radical (unpaired) electrons. The van der Waals surface area contributed by atoms with E-state index in [0.29, 0.717) is 19.1 Å². The molecule has 1 rings (SSSR count). The number of nitrogens with zero attached hydrogens (tertiary/aromatic N) is 1. The Morgan fingerprint density at radius 2 is 1.95 bits per heavy atom. The van der Waals surface area contributed by atoms with Crippen molar-refractivity contribution in [3.8, 4) is 0 Å². The van der Waals surface area contributed by atoms with Gasteiger partial charge in [0, 0.05) is 12.6 Å². The number of rotatable bonds is 7. The van der Waals surface area contributed by atoms with Crippen molar-refractivity contribution >= 4 is 5.97 Å². The van der Waals surface area contributed by atoms with Gasteiger partial charge in [-0.15, -0.1) is 0 Å². The normalized spacial score (nSPS) is 20.3. The van der Waals surface area contributed by atoms with E-state index in [1.807, 2.05) is 6.92 Å². The van der Waals surface area contributed by atoms with Crippen molar-refractivity contribution in [1.82, 2.24) is 4.90 Å². The summed E-state index contributed by atoms with van der Waals surface area (Å²) < 4.78 is 5.04. The molecule has 19 heavy (non-hydrogen) atoms. The van der Waals surface area contributed by atoms with E-state index in [0.717, 1.165) is 13.1 Å². The molecule has 2 N–H and O–H groups in total. The molecule has 0 heterocycles. The average molecular weight is 270 g/mol. The molecule has 0 spiro atoms. The number of esters is 1. The zero-order valence-electron chi connectivity index (χ0n) is 12.8. The Morgan fingerprint density at radius 3 is 2.47 bits per heavy atom. The number of carbonyl (C=O) groups excluding carboxylic acids is 1. The van der Waals surface area contributed by atoms with Crippen LogP contribution in [0.5, 0.6) is 0 Å². The van der Waals surface area contributed by atoms with Gasteiger partial charge in [-0.2, -0.15) is 0 Å². The van der Waals surface area contributed by atoms with Crippen molar-refractivity contribution in [3.05, 3.63) is 0 Å². The molecule has 1 aliphatic rings. The number of ether oxygens (including phenoxy) is 1. The molecule has 0 saturated heterocycles. The van der Waals surface area contributed by atoms with Crippen molar-refractivity contribution in [2.45, 2.75) is 70.9 Å². The zero-order chi connectivity index (χ0) is 14.3. The first-order valence-corrected chi connectivity index (χ1v) is 7.71. The first kappa shape index (κ1) is 16.4. The number of hydrogen-bond donors (Lipinski definition) is 1. The fraction of sp³-hybridized carbons (Fsp3) is 0.933. The molecule has 0 aliphatic heterocycles. The summed E-state index contributed by atoms with van der Waals surface area (Å²) in [4.78, 5) is 14.3. The van der Waals surface area contributed by atoms with E-state index in [1.54, 1.807) is 6.92 Å². The molecular formula is C15H30N2O2. The maximum atomic E-state index is 11.8. The Kier molecular flexibility index (Phi) is 6.80. The van der Waals surface area contributed by atoms with Gasteiger partial charge in [0.1, 0.15) is 5.54 Å². The second-order valence-corrected chi connectivity index (χ2v) is 5.81. The summed E-state index contributed by atoms with van der Waals surface area (Å²) in [6, 6.07) is 0.678. The van der Waals surface area contributed by atoms with E-state index >= 15 is 0 Å². The Bertz CT molecular complexity index is 273. The van der Waals surface area contributed by atoms with Crippen LogP contribution in [0.4, 0.5) is 0 Å². The zero-order valence-corrected chi connectivity index (χ0v) is 12.8. The van der Waals surface area contributed by atoms with Crippen LogP contribution in [0.3, 0.4) is 0 Å². The molecule has 1 aliphatic carbocycles. The van der Waals surface area contributed by atoms with Gasteiger partial charge in [0.05, 0.1) is 6.61 Å². The topological polar surface area (TPSA) is 55.6 Å². The molecule has 1 fully saturated rings. The average Bonchev–Trinajstić information content (AvgIpc) is 2.41. The van der Waals surface area contributed by atoms with Crippen LogP contribution in [0.2, 0.25) is 0 Å². The van der Waals surface area contributed by atoms with E-state index in [1.165, 1.54) is 32.1 Å². The summed E-state index contributed by atoms with van der Waals surface area (Å²) in [7, 11) is 0. The second kappa shape index (κ2) is 7.85. The summed E-state index contributed by atoms with van der Waals surface area (Å²) in [5.74, 6) is -0.283. The molecule has 4 heteroatoms. The molecule has 1 unspecified atom stereocenters. The molecule has 0 aromatic carbocycles. The fourth-order valence-electron chi connectivity index (χ4n) is 2.82. The van der Waals surface area contributed by atoms with Crippen LogP contribution in [0.1, 0.15) is 59.3 Å². The van der Waals surface area contributed by atoms with Crippen LogP contribution in [0.25, 0.3) is 0 Å². The molecule has 0 bridgehead atoms. The third-order valence-electron chi connectivity index (χ3n) is 4.16. The van der Waals surface area contributed by atoms with Crippen LogP contribution in [-0.2, 0) is 9.53 Å². The van der Waals surface area contributed by atoms with Crippen LogP contribution in [-0.4, -0.2) is 42.1 Å². The standard InChI is InChI=1S/C15H30N2O2/c1-4-17(13-9-7-6-8-10-13)12-11-15(3,16)14(18)19-5-2/h13H,4-12,16H2,1-3H3. The molecule has 0 amide bonds. The minimum Gasteiger partial charge on any atom is -0.465 e. The smallest absolute Gasteiger partial charge is 0.325 e. The highest BCUT2D eigenvalue weighted by Crippen LogP contribution is 2.23. The van der Waals surface area contributed by atoms with Crippen molar-refractivity contribution in [1.29, 1.82) is 0 Å². The lowest BCUT2D eigenvalue weighted by molar-refractivity contribution is -0.149. The maximum absolute atomic E-state index is 11.8. The van der Waals surface area contributed by atoms with Crippen molar-refractivity contribution in [2.75, 3.05) is 19.7 Å². The number of nitrogens with two attached hydrogens (primary N) is 1. The molecule has 4 nitrogen and oxygen atoms in total. The van der Waals surface area contributed by atoms with E-state index in [9.17, 15) is 4.79 Å². The minimum atomic E-state index is -0.863. The van der Waals surface area contributed by atoms with Gasteiger partial charge in [0.2, 0.25) is 0 Å². The Hall–Kier alpha value is -0.610. The van der Waals surface area contributed by atoms with E-state index in [4.69, 9.17) is 10.5 Å². The predicted octanol–water partition coefficient (Wildman–Crippen LogP) is 2.31. The van der Waals surface area contributed by atoms with Crippen LogP contribution < -0.4 is 5.73 Å². The van der Waals surface area contributed by atoms with Crippen LogP contribution >= 0.6 is 0 Å². The largest absolute Gasteiger partial charge is 0.465 e. The highest BCUT2D eigenvalue weighted by molar-refractivity contribution is 5.79. The van der Waals surface area contributed by atoms with Gasteiger partial charge in [0.25, 0.3) is 0 Å². The van der Waals surface area contributed by atoms with Crippen molar-refractivity contribution in [3.63, 3.8) is 0 Å². The van der Waals surface area contributed by atoms with Crippen molar-refractivity contribution in [2.24, 2.45) is 5.73 Å². The van der Waals surface area contributed by atoms with Gasteiger partial charge in [-0.25, -0.2) is 0 Å². The first-order chi connectivity index (χ1) is 9.01. The lowest BCUT2D eigenvalue weighted by atomic mass is 9.93. The molecule has 1 atom stereocenters. The van der Waals surface area contributed by atoms with Gasteiger partial charge < -0.3 is 15.4 Å². The third-order valence-corrected chi connectivity index (χ3v) is 4.16. The Labute approximate surface area is 117 Å². The molecule has 112 valence electrons. The van der Waals surface area contributed by atoms with Gasteiger partial charge in [-0.1, -0.05) is 26.2 Å². The highest BCUT2D eigenvalue weighted by atomic mass is 16.5. The van der Waals surface area contributed by atoms with E-state index in [2.05, 4.69) is 11.8 Å². The van der Waals surface area contributed by atoms with Crippen molar-refractivity contribution < 1.29 is 9.53 Å². The third kappa shape index (κ3) is 5.11. The quantitative estimate of drug-likeness (QED) is 0.721. The number of carbonyl (C=O) groups is 1. The maximum Gasteiger partial charge on any atom is 0.325 e. The molecule has 0 aromatic heterocycles. The second-order valence-electron chi connectivity index (χ2n) is 5.81. The molecule has 0 aromatic rings. The predicted molar refractivity (Wildman–Crippen MR) is 78.0 cm³/mol. The van der Waals surface area contributed by atoms with Gasteiger partial charge >= 0.3 is 5.97 Å². The minimum absolute atomic E-state index is 0.283. The molecular weight excluding hydrogens is 240 g/mol. The highest BCUT2D eigenvalue weighted by Gasteiger charge is 2.31. The summed E-state index contributed by atoms with van der Waals surface area (Å²) in [6.07, 6.45) is 7.27. The van der Waals surface area contributed by atoms with E-state index < -0.39 is 5.54 Å². The lowest BCUT2D eigenvalue weighted by Gasteiger charge is -2.35. The van der Waals surface area contributed by atoms with Crippen LogP contribution in [0.15, 0.2) is 0 Å². The fourth-order valence-corrected chi connectivity index (χ4v) is 2.82.